The summed E-state index contributed by atoms with van der Waals surface area (Å²) < 4.78 is 0. The van der Waals surface area contributed by atoms with Gasteiger partial charge in [-0.1, -0.05) is 37.3 Å². The van der Waals surface area contributed by atoms with E-state index in [0.717, 1.165) is 25.2 Å². The molecule has 2 aromatic rings. The van der Waals surface area contributed by atoms with Gasteiger partial charge in [0.25, 0.3) is 0 Å². The molecule has 0 aliphatic carbocycles. The van der Waals surface area contributed by atoms with Crippen molar-refractivity contribution >= 4 is 28.7 Å². The lowest BCUT2D eigenvalue weighted by molar-refractivity contribution is 0.629. The summed E-state index contributed by atoms with van der Waals surface area (Å²) in [6, 6.07) is 19.0. The Balaban J connectivity index is 1.96. The third kappa shape index (κ3) is 4.96. The lowest BCUT2D eigenvalue weighted by Gasteiger charge is -2.22. The van der Waals surface area contributed by atoms with Crippen LogP contribution >= 0.6 is 12.2 Å². The number of nitrogens with zero attached hydrogens (tertiary/aromatic N) is 1. The molecule has 0 radical (unpaired) electrons. The van der Waals surface area contributed by atoms with Crippen molar-refractivity contribution in [3.05, 3.63) is 60.2 Å². The van der Waals surface area contributed by atoms with E-state index in [1.165, 1.54) is 11.3 Å². The van der Waals surface area contributed by atoms with Gasteiger partial charge in [0.2, 0.25) is 0 Å². The van der Waals surface area contributed by atoms with Crippen LogP contribution in [0.25, 0.3) is 0 Å². The van der Waals surface area contributed by atoms with Gasteiger partial charge in [0.05, 0.1) is 6.04 Å². The maximum atomic E-state index is 5.48. The molecule has 0 bridgehead atoms. The Labute approximate surface area is 151 Å². The van der Waals surface area contributed by atoms with Crippen molar-refractivity contribution in [1.29, 1.82) is 0 Å². The molecule has 4 heteroatoms. The highest BCUT2D eigenvalue weighted by molar-refractivity contribution is 7.80. The van der Waals surface area contributed by atoms with Gasteiger partial charge in [-0.2, -0.15) is 0 Å². The molecule has 0 spiro atoms. The van der Waals surface area contributed by atoms with E-state index in [4.69, 9.17) is 12.2 Å². The van der Waals surface area contributed by atoms with E-state index in [1.54, 1.807) is 0 Å². The molecule has 0 saturated heterocycles. The Kier molecular flexibility index (Phi) is 7.07. The van der Waals surface area contributed by atoms with Crippen LogP contribution in [-0.4, -0.2) is 18.2 Å². The van der Waals surface area contributed by atoms with Crippen molar-refractivity contribution in [3.8, 4) is 0 Å². The standard InChI is InChI=1S/C20H27N3S/c1-4-19(16-10-8-7-9-11-16)22-20(24)21-17-12-14-18(15-13-17)23(5-2)6-3/h7-15,19H,4-6H2,1-3H3,(H2,21,22,24). The van der Waals surface area contributed by atoms with Gasteiger partial charge >= 0.3 is 0 Å². The van der Waals surface area contributed by atoms with Gasteiger partial charge < -0.3 is 15.5 Å². The lowest BCUT2D eigenvalue weighted by Crippen LogP contribution is -2.32. The van der Waals surface area contributed by atoms with Gasteiger partial charge in [0.15, 0.2) is 5.11 Å². The second-order valence-electron chi connectivity index (χ2n) is 5.69. The van der Waals surface area contributed by atoms with Gasteiger partial charge in [0, 0.05) is 24.5 Å². The van der Waals surface area contributed by atoms with Crippen molar-refractivity contribution in [2.75, 3.05) is 23.3 Å². The topological polar surface area (TPSA) is 27.3 Å². The fourth-order valence-electron chi connectivity index (χ4n) is 2.78. The van der Waals surface area contributed by atoms with Gasteiger partial charge in [-0.3, -0.25) is 0 Å². The monoisotopic (exact) mass is 341 g/mol. The summed E-state index contributed by atoms with van der Waals surface area (Å²) in [6.45, 7) is 8.52. The molecule has 2 rings (SSSR count). The summed E-state index contributed by atoms with van der Waals surface area (Å²) in [4.78, 5) is 2.32. The smallest absolute Gasteiger partial charge is 0.171 e. The molecule has 0 saturated carbocycles. The Morgan fingerprint density at radius 3 is 2.12 bits per heavy atom. The molecule has 3 nitrogen and oxygen atoms in total. The minimum Gasteiger partial charge on any atom is -0.372 e. The van der Waals surface area contributed by atoms with Crippen LogP contribution in [0.4, 0.5) is 11.4 Å². The zero-order chi connectivity index (χ0) is 17.4. The first-order valence-corrected chi connectivity index (χ1v) is 9.06. The Hall–Kier alpha value is -2.07. The number of hydrogen-bond donors (Lipinski definition) is 2. The maximum Gasteiger partial charge on any atom is 0.171 e. The number of anilines is 2. The Bertz CT molecular complexity index is 621. The molecule has 1 unspecified atom stereocenters. The molecule has 0 aromatic heterocycles. The molecule has 2 aromatic carbocycles. The third-order valence-corrected chi connectivity index (χ3v) is 4.39. The SMILES string of the molecule is CCC(NC(=S)Nc1ccc(N(CC)CC)cc1)c1ccccc1. The van der Waals surface area contributed by atoms with Crippen LogP contribution in [0.15, 0.2) is 54.6 Å². The van der Waals surface area contributed by atoms with Gasteiger partial charge in [-0.15, -0.1) is 0 Å². The van der Waals surface area contributed by atoms with E-state index in [-0.39, 0.29) is 6.04 Å². The van der Waals surface area contributed by atoms with Gasteiger partial charge in [0.1, 0.15) is 0 Å². The summed E-state index contributed by atoms with van der Waals surface area (Å²) in [5.41, 5.74) is 3.49. The first-order valence-electron chi connectivity index (χ1n) is 8.65. The molecule has 0 heterocycles. The number of thiocarbonyl (C=S) groups is 1. The molecule has 24 heavy (non-hydrogen) atoms. The fraction of sp³-hybridized carbons (Fsp3) is 0.350. The number of nitrogens with one attached hydrogen (secondary N) is 2. The largest absolute Gasteiger partial charge is 0.372 e. The number of benzene rings is 2. The van der Waals surface area contributed by atoms with E-state index >= 15 is 0 Å². The van der Waals surface area contributed by atoms with Crippen LogP contribution in [-0.2, 0) is 0 Å². The molecule has 0 aliphatic heterocycles. The van der Waals surface area contributed by atoms with Crippen molar-refractivity contribution in [1.82, 2.24) is 5.32 Å². The van der Waals surface area contributed by atoms with Gasteiger partial charge in [-0.25, -0.2) is 0 Å². The quantitative estimate of drug-likeness (QED) is 0.695. The molecule has 0 amide bonds. The summed E-state index contributed by atoms with van der Waals surface area (Å²) in [6.07, 6.45) is 0.979. The third-order valence-electron chi connectivity index (χ3n) is 4.17. The van der Waals surface area contributed by atoms with Crippen molar-refractivity contribution in [2.45, 2.75) is 33.2 Å². The first kappa shape index (κ1) is 18.3. The second-order valence-corrected chi connectivity index (χ2v) is 6.10. The van der Waals surface area contributed by atoms with Crippen LogP contribution in [0, 0.1) is 0 Å². The molecule has 0 fully saturated rings. The summed E-state index contributed by atoms with van der Waals surface area (Å²) in [5.74, 6) is 0. The van der Waals surface area contributed by atoms with E-state index < -0.39 is 0 Å². The number of hydrogen-bond acceptors (Lipinski definition) is 2. The normalized spacial score (nSPS) is 11.6. The maximum absolute atomic E-state index is 5.48. The highest BCUT2D eigenvalue weighted by Crippen LogP contribution is 2.19. The fourth-order valence-corrected chi connectivity index (χ4v) is 3.04. The highest BCUT2D eigenvalue weighted by Gasteiger charge is 2.10. The predicted octanol–water partition coefficient (Wildman–Crippen LogP) is 4.97. The Morgan fingerprint density at radius 2 is 1.58 bits per heavy atom. The van der Waals surface area contributed by atoms with E-state index in [2.05, 4.69) is 84.8 Å². The first-order chi connectivity index (χ1) is 11.7. The molecule has 1 atom stereocenters. The Morgan fingerprint density at radius 1 is 0.958 bits per heavy atom. The average molecular weight is 342 g/mol. The highest BCUT2D eigenvalue weighted by atomic mass is 32.1. The summed E-state index contributed by atoms with van der Waals surface area (Å²) in [5, 5.41) is 7.34. The van der Waals surface area contributed by atoms with Crippen LogP contribution in [0.2, 0.25) is 0 Å². The lowest BCUT2D eigenvalue weighted by atomic mass is 10.1. The minimum atomic E-state index is 0.223. The second kappa shape index (κ2) is 9.28. The minimum absolute atomic E-state index is 0.223. The zero-order valence-electron chi connectivity index (χ0n) is 14.8. The van der Waals surface area contributed by atoms with Crippen molar-refractivity contribution in [2.24, 2.45) is 0 Å². The average Bonchev–Trinajstić information content (AvgIpc) is 2.63. The number of rotatable bonds is 7. The van der Waals surface area contributed by atoms with E-state index in [0.29, 0.717) is 5.11 Å². The van der Waals surface area contributed by atoms with Crippen LogP contribution in [0.3, 0.4) is 0 Å². The van der Waals surface area contributed by atoms with Gasteiger partial charge in [-0.05, 0) is 62.3 Å². The molecule has 128 valence electrons. The van der Waals surface area contributed by atoms with E-state index in [1.807, 2.05) is 6.07 Å². The molecule has 2 N–H and O–H groups in total. The van der Waals surface area contributed by atoms with E-state index in [9.17, 15) is 0 Å². The van der Waals surface area contributed by atoms with Crippen molar-refractivity contribution in [3.63, 3.8) is 0 Å². The van der Waals surface area contributed by atoms with Crippen LogP contribution in [0.1, 0.15) is 38.8 Å². The molecular weight excluding hydrogens is 314 g/mol. The summed E-state index contributed by atoms with van der Waals surface area (Å²) in [7, 11) is 0. The van der Waals surface area contributed by atoms with Crippen LogP contribution in [0.5, 0.6) is 0 Å². The molecular formula is C20H27N3S. The zero-order valence-corrected chi connectivity index (χ0v) is 15.6. The summed E-state index contributed by atoms with van der Waals surface area (Å²) >= 11 is 5.48. The predicted molar refractivity (Wildman–Crippen MR) is 109 cm³/mol. The van der Waals surface area contributed by atoms with Crippen LogP contribution < -0.4 is 15.5 Å². The van der Waals surface area contributed by atoms with Crippen molar-refractivity contribution < 1.29 is 0 Å². The molecule has 0 aliphatic rings.